The largest absolute Gasteiger partial charge is 0.330 e. The predicted octanol–water partition coefficient (Wildman–Crippen LogP) is 2.56. The van der Waals surface area contributed by atoms with E-state index in [1.165, 1.54) is 18.4 Å². The van der Waals surface area contributed by atoms with Gasteiger partial charge in [0.25, 0.3) is 0 Å². The van der Waals surface area contributed by atoms with E-state index in [9.17, 15) is 4.79 Å². The van der Waals surface area contributed by atoms with Crippen LogP contribution in [0.1, 0.15) is 37.3 Å². The molecule has 138 valence electrons. The highest BCUT2D eigenvalue weighted by atomic mass is 16.2. The average molecular weight is 345 g/mol. The van der Waals surface area contributed by atoms with Gasteiger partial charge < -0.3 is 15.1 Å². The Balaban J connectivity index is 1.64. The number of carbonyl (C=O) groups is 1. The Kier molecular flexibility index (Phi) is 6.70. The summed E-state index contributed by atoms with van der Waals surface area (Å²) in [4.78, 5) is 19.7. The van der Waals surface area contributed by atoms with Crippen LogP contribution in [0.15, 0.2) is 30.3 Å². The molecule has 0 aliphatic carbocycles. The maximum atomic E-state index is 12.8. The summed E-state index contributed by atoms with van der Waals surface area (Å²) in [5, 5.41) is 3.32. The van der Waals surface area contributed by atoms with Gasteiger partial charge in [0, 0.05) is 45.8 Å². The summed E-state index contributed by atoms with van der Waals surface area (Å²) in [6.45, 7) is 7.00. The minimum Gasteiger partial charge on any atom is -0.330 e. The van der Waals surface area contributed by atoms with Gasteiger partial charge in [-0.15, -0.1) is 0 Å². The fraction of sp³-hybridized carbons (Fsp3) is 0.650. The van der Waals surface area contributed by atoms with E-state index in [1.807, 2.05) is 11.0 Å². The van der Waals surface area contributed by atoms with Crippen molar-refractivity contribution in [1.29, 1.82) is 0 Å². The maximum Gasteiger partial charge on any atom is 0.317 e. The summed E-state index contributed by atoms with van der Waals surface area (Å²) in [6, 6.07) is 10.6. The van der Waals surface area contributed by atoms with Crippen molar-refractivity contribution in [2.45, 2.75) is 31.7 Å². The lowest BCUT2D eigenvalue weighted by atomic mass is 10.1. The SMILES string of the molecule is CN1CCN(C[C@H](NC(=O)N2CCCCCC2)c2ccccc2)CC1. The minimum atomic E-state index is 0.0559. The monoisotopic (exact) mass is 344 g/mol. The summed E-state index contributed by atoms with van der Waals surface area (Å²) in [5.41, 5.74) is 1.20. The first-order valence-corrected chi connectivity index (χ1v) is 9.73. The first-order chi connectivity index (χ1) is 12.2. The average Bonchev–Trinajstić information content (AvgIpc) is 2.93. The van der Waals surface area contributed by atoms with Crippen molar-refractivity contribution < 1.29 is 4.79 Å². The number of amides is 2. The third-order valence-corrected chi connectivity index (χ3v) is 5.43. The second-order valence-corrected chi connectivity index (χ2v) is 7.42. The molecule has 3 rings (SSSR count). The van der Waals surface area contributed by atoms with Gasteiger partial charge >= 0.3 is 6.03 Å². The molecule has 0 radical (unpaired) electrons. The smallest absolute Gasteiger partial charge is 0.317 e. The highest BCUT2D eigenvalue weighted by Gasteiger charge is 2.23. The first-order valence-electron chi connectivity index (χ1n) is 9.73. The molecule has 2 aliphatic rings. The Morgan fingerprint density at radius 3 is 2.24 bits per heavy atom. The van der Waals surface area contributed by atoms with Crippen LogP contribution in [-0.2, 0) is 0 Å². The van der Waals surface area contributed by atoms with E-state index in [0.29, 0.717) is 0 Å². The number of rotatable bonds is 4. The van der Waals surface area contributed by atoms with E-state index in [2.05, 4.69) is 46.4 Å². The molecule has 2 fully saturated rings. The molecule has 1 atom stereocenters. The van der Waals surface area contributed by atoms with Gasteiger partial charge in [0.05, 0.1) is 6.04 Å². The molecule has 0 spiro atoms. The molecule has 2 heterocycles. The summed E-state index contributed by atoms with van der Waals surface area (Å²) >= 11 is 0. The van der Waals surface area contributed by atoms with E-state index in [1.54, 1.807) is 0 Å². The van der Waals surface area contributed by atoms with Crippen LogP contribution < -0.4 is 5.32 Å². The molecule has 5 nitrogen and oxygen atoms in total. The second-order valence-electron chi connectivity index (χ2n) is 7.42. The molecule has 1 aromatic rings. The number of piperazine rings is 1. The molecule has 0 saturated carbocycles. The van der Waals surface area contributed by atoms with Crippen molar-refractivity contribution in [2.24, 2.45) is 0 Å². The zero-order valence-corrected chi connectivity index (χ0v) is 15.5. The third kappa shape index (κ3) is 5.44. The summed E-state index contributed by atoms with van der Waals surface area (Å²) in [7, 11) is 2.17. The molecule has 25 heavy (non-hydrogen) atoms. The molecule has 1 aromatic carbocycles. The molecule has 2 amide bonds. The second kappa shape index (κ2) is 9.20. The molecule has 5 heteroatoms. The van der Waals surface area contributed by atoms with E-state index in [4.69, 9.17) is 0 Å². The van der Waals surface area contributed by atoms with Gasteiger partial charge in [-0.05, 0) is 25.5 Å². The first kappa shape index (κ1) is 18.2. The number of nitrogens with one attached hydrogen (secondary N) is 1. The van der Waals surface area contributed by atoms with Crippen molar-refractivity contribution >= 4 is 6.03 Å². The van der Waals surface area contributed by atoms with Crippen LogP contribution in [-0.4, -0.2) is 73.6 Å². The van der Waals surface area contributed by atoms with Crippen LogP contribution >= 0.6 is 0 Å². The Bertz CT molecular complexity index is 520. The number of likely N-dealkylation sites (N-methyl/N-ethyl adjacent to an activating group) is 1. The number of carbonyl (C=O) groups excluding carboxylic acids is 1. The highest BCUT2D eigenvalue weighted by Crippen LogP contribution is 2.17. The number of likely N-dealkylation sites (tertiary alicyclic amines) is 1. The zero-order chi connectivity index (χ0) is 17.5. The van der Waals surface area contributed by atoms with Crippen molar-refractivity contribution in [3.05, 3.63) is 35.9 Å². The fourth-order valence-corrected chi connectivity index (χ4v) is 3.72. The van der Waals surface area contributed by atoms with Gasteiger partial charge in [0.2, 0.25) is 0 Å². The molecule has 0 unspecified atom stereocenters. The van der Waals surface area contributed by atoms with Crippen molar-refractivity contribution in [1.82, 2.24) is 20.0 Å². The molecule has 0 aromatic heterocycles. The molecule has 0 bridgehead atoms. The lowest BCUT2D eigenvalue weighted by molar-refractivity contribution is 0.139. The molecule has 1 N–H and O–H groups in total. The minimum absolute atomic E-state index is 0.0559. The van der Waals surface area contributed by atoms with Gasteiger partial charge in [-0.25, -0.2) is 4.79 Å². The summed E-state index contributed by atoms with van der Waals surface area (Å²) < 4.78 is 0. The summed E-state index contributed by atoms with van der Waals surface area (Å²) in [5.74, 6) is 0. The normalized spacial score (nSPS) is 21.6. The van der Waals surface area contributed by atoms with Crippen molar-refractivity contribution in [3.8, 4) is 0 Å². The van der Waals surface area contributed by atoms with Gasteiger partial charge in [-0.1, -0.05) is 43.2 Å². The van der Waals surface area contributed by atoms with E-state index < -0.39 is 0 Å². The zero-order valence-electron chi connectivity index (χ0n) is 15.5. The van der Waals surface area contributed by atoms with Gasteiger partial charge in [-0.3, -0.25) is 4.90 Å². The van der Waals surface area contributed by atoms with E-state index in [0.717, 1.165) is 58.7 Å². The van der Waals surface area contributed by atoms with Gasteiger partial charge in [0.15, 0.2) is 0 Å². The van der Waals surface area contributed by atoms with E-state index in [-0.39, 0.29) is 12.1 Å². The Hall–Kier alpha value is -1.59. The molecule has 2 aliphatic heterocycles. The van der Waals surface area contributed by atoms with Crippen LogP contribution in [0, 0.1) is 0 Å². The van der Waals surface area contributed by atoms with Crippen LogP contribution in [0.2, 0.25) is 0 Å². The number of nitrogens with zero attached hydrogens (tertiary/aromatic N) is 3. The predicted molar refractivity (Wildman–Crippen MR) is 102 cm³/mol. The quantitative estimate of drug-likeness (QED) is 0.912. The number of benzene rings is 1. The maximum absolute atomic E-state index is 12.8. The topological polar surface area (TPSA) is 38.8 Å². The molecule has 2 saturated heterocycles. The van der Waals surface area contributed by atoms with Crippen LogP contribution in [0.3, 0.4) is 0 Å². The van der Waals surface area contributed by atoms with Gasteiger partial charge in [-0.2, -0.15) is 0 Å². The molecular weight excluding hydrogens is 312 g/mol. The van der Waals surface area contributed by atoms with E-state index >= 15 is 0 Å². The number of hydrogen-bond donors (Lipinski definition) is 1. The van der Waals surface area contributed by atoms with Crippen LogP contribution in [0.4, 0.5) is 4.79 Å². The van der Waals surface area contributed by atoms with Gasteiger partial charge in [0.1, 0.15) is 0 Å². The lowest BCUT2D eigenvalue weighted by Crippen LogP contribution is -2.49. The Morgan fingerprint density at radius 1 is 0.960 bits per heavy atom. The third-order valence-electron chi connectivity index (χ3n) is 5.43. The van der Waals surface area contributed by atoms with Crippen molar-refractivity contribution in [3.63, 3.8) is 0 Å². The standard InChI is InChI=1S/C20H32N4O/c1-22-13-15-23(16-14-22)17-19(18-9-5-4-6-10-18)21-20(25)24-11-7-2-3-8-12-24/h4-6,9-10,19H,2-3,7-8,11-17H2,1H3,(H,21,25)/t19-/m0/s1. The Morgan fingerprint density at radius 2 is 1.60 bits per heavy atom. The number of hydrogen-bond acceptors (Lipinski definition) is 3. The lowest BCUT2D eigenvalue weighted by Gasteiger charge is -2.35. The summed E-state index contributed by atoms with van der Waals surface area (Å²) in [6.07, 6.45) is 4.74. The fourth-order valence-electron chi connectivity index (χ4n) is 3.72. The molecular formula is C20H32N4O. The van der Waals surface area contributed by atoms with Crippen LogP contribution in [0.5, 0.6) is 0 Å². The van der Waals surface area contributed by atoms with Crippen molar-refractivity contribution in [2.75, 3.05) is 52.9 Å². The Labute approximate surface area is 152 Å². The van der Waals surface area contributed by atoms with Crippen LogP contribution in [0.25, 0.3) is 0 Å². The highest BCUT2D eigenvalue weighted by molar-refractivity contribution is 5.74. The number of urea groups is 1.